The van der Waals surface area contributed by atoms with Gasteiger partial charge in [-0.3, -0.25) is 0 Å². The Hall–Kier alpha value is -1.65. The van der Waals surface area contributed by atoms with Crippen molar-refractivity contribution in [2.75, 3.05) is 7.11 Å². The van der Waals surface area contributed by atoms with E-state index in [1.165, 1.54) is 0 Å². The van der Waals surface area contributed by atoms with Gasteiger partial charge in [0.2, 0.25) is 0 Å². The van der Waals surface area contributed by atoms with Crippen LogP contribution in [-0.4, -0.2) is 12.1 Å². The van der Waals surface area contributed by atoms with E-state index in [-0.39, 0.29) is 0 Å². The SMILES string of the molecule is COc1ccc(-c2csc(-c3cccc(Br)c3)n2)cc1. The van der Waals surface area contributed by atoms with Gasteiger partial charge < -0.3 is 4.74 Å². The largest absolute Gasteiger partial charge is 0.497 e. The molecule has 0 aliphatic carbocycles. The molecule has 20 heavy (non-hydrogen) atoms. The van der Waals surface area contributed by atoms with Crippen molar-refractivity contribution in [1.29, 1.82) is 0 Å². The summed E-state index contributed by atoms with van der Waals surface area (Å²) in [6, 6.07) is 16.1. The molecule has 100 valence electrons. The maximum Gasteiger partial charge on any atom is 0.124 e. The van der Waals surface area contributed by atoms with Gasteiger partial charge in [-0.2, -0.15) is 0 Å². The lowest BCUT2D eigenvalue weighted by Gasteiger charge is -2.00. The van der Waals surface area contributed by atoms with Crippen LogP contribution in [0.4, 0.5) is 0 Å². The van der Waals surface area contributed by atoms with Gasteiger partial charge in [-0.15, -0.1) is 11.3 Å². The Morgan fingerprint density at radius 3 is 2.55 bits per heavy atom. The molecule has 2 nitrogen and oxygen atoms in total. The van der Waals surface area contributed by atoms with Gasteiger partial charge in [-0.25, -0.2) is 4.98 Å². The summed E-state index contributed by atoms with van der Waals surface area (Å²) in [5.41, 5.74) is 3.22. The van der Waals surface area contributed by atoms with E-state index < -0.39 is 0 Å². The molecule has 1 heterocycles. The zero-order valence-corrected chi connectivity index (χ0v) is 13.2. The first-order valence-electron chi connectivity index (χ1n) is 6.12. The van der Waals surface area contributed by atoms with Gasteiger partial charge in [0.05, 0.1) is 12.8 Å². The zero-order chi connectivity index (χ0) is 13.9. The Balaban J connectivity index is 1.93. The molecule has 3 aromatic rings. The zero-order valence-electron chi connectivity index (χ0n) is 10.8. The standard InChI is InChI=1S/C16H12BrNOS/c1-19-14-7-5-11(6-8-14)15-10-20-16(18-15)12-3-2-4-13(17)9-12/h2-10H,1H3. The number of ether oxygens (including phenoxy) is 1. The van der Waals surface area contributed by atoms with Gasteiger partial charge in [-0.1, -0.05) is 28.1 Å². The highest BCUT2D eigenvalue weighted by atomic mass is 79.9. The third kappa shape index (κ3) is 2.76. The van der Waals surface area contributed by atoms with Crippen molar-refractivity contribution in [2.45, 2.75) is 0 Å². The summed E-state index contributed by atoms with van der Waals surface area (Å²) in [6.07, 6.45) is 0. The first-order valence-corrected chi connectivity index (χ1v) is 7.79. The number of rotatable bonds is 3. The Bertz CT molecular complexity index is 721. The van der Waals surface area contributed by atoms with Gasteiger partial charge in [0.25, 0.3) is 0 Å². The predicted molar refractivity (Wildman–Crippen MR) is 87.2 cm³/mol. The molecule has 0 saturated heterocycles. The van der Waals surface area contributed by atoms with Crippen molar-refractivity contribution in [1.82, 2.24) is 4.98 Å². The van der Waals surface area contributed by atoms with Crippen molar-refractivity contribution in [2.24, 2.45) is 0 Å². The molecule has 0 atom stereocenters. The molecule has 0 amide bonds. The molecule has 0 aliphatic rings. The average molecular weight is 346 g/mol. The second-order valence-electron chi connectivity index (χ2n) is 4.28. The Labute approximate surface area is 130 Å². The van der Waals surface area contributed by atoms with Gasteiger partial charge in [-0.05, 0) is 36.4 Å². The van der Waals surface area contributed by atoms with Crippen molar-refractivity contribution < 1.29 is 4.74 Å². The summed E-state index contributed by atoms with van der Waals surface area (Å²) in [4.78, 5) is 4.70. The highest BCUT2D eigenvalue weighted by Crippen LogP contribution is 2.30. The molecule has 2 aromatic carbocycles. The summed E-state index contributed by atoms with van der Waals surface area (Å²) >= 11 is 5.14. The fraction of sp³-hybridized carbons (Fsp3) is 0.0625. The molecule has 1 aromatic heterocycles. The fourth-order valence-electron chi connectivity index (χ4n) is 1.92. The van der Waals surface area contributed by atoms with E-state index in [0.717, 1.165) is 32.1 Å². The van der Waals surface area contributed by atoms with Crippen LogP contribution in [0, 0.1) is 0 Å². The third-order valence-corrected chi connectivity index (χ3v) is 4.35. The van der Waals surface area contributed by atoms with Gasteiger partial charge in [0.1, 0.15) is 10.8 Å². The molecule has 0 unspecified atom stereocenters. The molecule has 0 N–H and O–H groups in total. The summed E-state index contributed by atoms with van der Waals surface area (Å²) in [5, 5.41) is 3.11. The monoisotopic (exact) mass is 345 g/mol. The highest BCUT2D eigenvalue weighted by Gasteiger charge is 2.07. The van der Waals surface area contributed by atoms with Crippen molar-refractivity contribution >= 4 is 27.3 Å². The lowest BCUT2D eigenvalue weighted by molar-refractivity contribution is 0.415. The fourth-order valence-corrected chi connectivity index (χ4v) is 3.15. The van der Waals surface area contributed by atoms with Crippen LogP contribution in [0.3, 0.4) is 0 Å². The summed E-state index contributed by atoms with van der Waals surface area (Å²) in [6.45, 7) is 0. The molecule has 0 spiro atoms. The van der Waals surface area contributed by atoms with Crippen LogP contribution in [-0.2, 0) is 0 Å². The maximum absolute atomic E-state index is 5.17. The van der Waals surface area contributed by atoms with Crippen LogP contribution < -0.4 is 4.74 Å². The Morgan fingerprint density at radius 1 is 1.05 bits per heavy atom. The number of hydrogen-bond acceptors (Lipinski definition) is 3. The average Bonchev–Trinajstić information content (AvgIpc) is 2.97. The minimum atomic E-state index is 0.858. The smallest absolute Gasteiger partial charge is 0.124 e. The normalized spacial score (nSPS) is 10.5. The lowest BCUT2D eigenvalue weighted by atomic mass is 10.1. The number of halogens is 1. The molecule has 3 rings (SSSR count). The number of thiazole rings is 1. The van der Waals surface area contributed by atoms with E-state index in [1.807, 2.05) is 36.4 Å². The molecule has 0 aliphatic heterocycles. The third-order valence-electron chi connectivity index (χ3n) is 2.96. The molecule has 4 heteroatoms. The number of benzene rings is 2. The second kappa shape index (κ2) is 5.77. The quantitative estimate of drug-likeness (QED) is 0.646. The first-order chi connectivity index (χ1) is 9.76. The van der Waals surface area contributed by atoms with E-state index in [4.69, 9.17) is 9.72 Å². The van der Waals surface area contributed by atoms with Gasteiger partial charge >= 0.3 is 0 Å². The lowest BCUT2D eigenvalue weighted by Crippen LogP contribution is -1.83. The Morgan fingerprint density at radius 2 is 1.85 bits per heavy atom. The van der Waals surface area contributed by atoms with Crippen LogP contribution >= 0.6 is 27.3 Å². The van der Waals surface area contributed by atoms with Crippen LogP contribution in [0.15, 0.2) is 58.4 Å². The molecule has 0 fully saturated rings. The minimum Gasteiger partial charge on any atom is -0.497 e. The summed E-state index contributed by atoms with van der Waals surface area (Å²) in [5.74, 6) is 0.858. The predicted octanol–water partition coefficient (Wildman–Crippen LogP) is 5.25. The number of methoxy groups -OCH3 is 1. The number of aromatic nitrogens is 1. The molecular weight excluding hydrogens is 334 g/mol. The van der Waals surface area contributed by atoms with Crippen LogP contribution in [0.25, 0.3) is 21.8 Å². The molecule has 0 radical (unpaired) electrons. The van der Waals surface area contributed by atoms with Crippen LogP contribution in [0.2, 0.25) is 0 Å². The van der Waals surface area contributed by atoms with E-state index >= 15 is 0 Å². The Kier molecular flexibility index (Phi) is 3.85. The minimum absolute atomic E-state index is 0.858. The summed E-state index contributed by atoms with van der Waals surface area (Å²) in [7, 11) is 1.67. The first kappa shape index (κ1) is 13.3. The molecule has 0 bridgehead atoms. The van der Waals surface area contributed by atoms with Gasteiger partial charge in [0.15, 0.2) is 0 Å². The van der Waals surface area contributed by atoms with Gasteiger partial charge in [0, 0.05) is 21.0 Å². The van der Waals surface area contributed by atoms with Crippen molar-refractivity contribution in [3.8, 4) is 27.6 Å². The van der Waals surface area contributed by atoms with E-state index in [0.29, 0.717) is 0 Å². The number of hydrogen-bond donors (Lipinski definition) is 0. The van der Waals surface area contributed by atoms with Crippen molar-refractivity contribution in [3.05, 3.63) is 58.4 Å². The second-order valence-corrected chi connectivity index (χ2v) is 6.05. The summed E-state index contributed by atoms with van der Waals surface area (Å²) < 4.78 is 6.24. The van der Waals surface area contributed by atoms with Crippen molar-refractivity contribution in [3.63, 3.8) is 0 Å². The molecule has 0 saturated carbocycles. The maximum atomic E-state index is 5.17. The van der Waals surface area contributed by atoms with E-state index in [9.17, 15) is 0 Å². The number of nitrogens with zero attached hydrogens (tertiary/aromatic N) is 1. The van der Waals surface area contributed by atoms with E-state index in [2.05, 4.69) is 33.4 Å². The van der Waals surface area contributed by atoms with E-state index in [1.54, 1.807) is 18.4 Å². The van der Waals surface area contributed by atoms with Crippen LogP contribution in [0.1, 0.15) is 0 Å². The highest BCUT2D eigenvalue weighted by molar-refractivity contribution is 9.10. The topological polar surface area (TPSA) is 22.1 Å². The van der Waals surface area contributed by atoms with Crippen LogP contribution in [0.5, 0.6) is 5.75 Å². The molecular formula is C16H12BrNOS.